The molecule has 2 aromatic carbocycles. The Labute approximate surface area is 163 Å². The van der Waals surface area contributed by atoms with E-state index >= 15 is 0 Å². The molecule has 1 aliphatic heterocycles. The third-order valence-corrected chi connectivity index (χ3v) is 4.71. The average molecular weight is 388 g/mol. The minimum absolute atomic E-state index is 0.0616. The van der Waals surface area contributed by atoms with Crippen LogP contribution in [0.25, 0.3) is 0 Å². The summed E-state index contributed by atoms with van der Waals surface area (Å²) in [6, 6.07) is 14.7. The predicted molar refractivity (Wildman–Crippen MR) is 105 cm³/mol. The predicted octanol–water partition coefficient (Wildman–Crippen LogP) is 2.95. The molecule has 1 heterocycles. The number of carbonyl (C=O) groups is 2. The fourth-order valence-electron chi connectivity index (χ4n) is 2.96. The number of amides is 3. The molecule has 0 aliphatic carbocycles. The van der Waals surface area contributed by atoms with Crippen molar-refractivity contribution < 1.29 is 14.3 Å². The molecule has 6 nitrogen and oxygen atoms in total. The molecule has 0 bridgehead atoms. The molecule has 142 valence electrons. The van der Waals surface area contributed by atoms with E-state index in [0.717, 1.165) is 23.4 Å². The molecule has 0 atom stereocenters. The number of methoxy groups -OCH3 is 1. The maximum Gasteiger partial charge on any atom is 0.325 e. The summed E-state index contributed by atoms with van der Waals surface area (Å²) in [5, 5.41) is 3.55. The number of urea groups is 1. The molecule has 0 aromatic heterocycles. The first kappa shape index (κ1) is 19.0. The van der Waals surface area contributed by atoms with E-state index in [9.17, 15) is 9.59 Å². The number of nitrogens with zero attached hydrogens (tertiary/aromatic N) is 2. The van der Waals surface area contributed by atoms with Crippen molar-refractivity contribution in [1.29, 1.82) is 0 Å². The van der Waals surface area contributed by atoms with Gasteiger partial charge >= 0.3 is 6.03 Å². The highest BCUT2D eigenvalue weighted by Crippen LogP contribution is 2.23. The molecule has 3 amide bonds. The lowest BCUT2D eigenvalue weighted by Crippen LogP contribution is -2.40. The normalized spacial score (nSPS) is 13.8. The maximum absolute atomic E-state index is 12.6. The molecule has 1 aliphatic rings. The number of ether oxygens (including phenoxy) is 1. The van der Waals surface area contributed by atoms with Crippen molar-refractivity contribution in [2.24, 2.45) is 0 Å². The lowest BCUT2D eigenvalue weighted by molar-refractivity contribution is -0.121. The highest BCUT2D eigenvalue weighted by Gasteiger charge is 2.30. The van der Waals surface area contributed by atoms with Gasteiger partial charge in [-0.25, -0.2) is 4.79 Å². The summed E-state index contributed by atoms with van der Waals surface area (Å²) in [4.78, 5) is 27.9. The van der Waals surface area contributed by atoms with Crippen molar-refractivity contribution in [2.75, 3.05) is 38.2 Å². The Morgan fingerprint density at radius 2 is 1.81 bits per heavy atom. The van der Waals surface area contributed by atoms with Gasteiger partial charge in [0, 0.05) is 30.3 Å². The number of halogens is 1. The third-order valence-electron chi connectivity index (χ3n) is 4.46. The molecule has 1 saturated heterocycles. The third kappa shape index (κ3) is 4.92. The van der Waals surface area contributed by atoms with Crippen LogP contribution in [0.4, 0.5) is 10.5 Å². The van der Waals surface area contributed by atoms with Crippen molar-refractivity contribution in [1.82, 2.24) is 10.2 Å². The van der Waals surface area contributed by atoms with Crippen LogP contribution in [0.1, 0.15) is 5.56 Å². The largest absolute Gasteiger partial charge is 0.497 e. The van der Waals surface area contributed by atoms with Crippen molar-refractivity contribution in [2.45, 2.75) is 6.42 Å². The van der Waals surface area contributed by atoms with Crippen LogP contribution in [-0.2, 0) is 11.2 Å². The van der Waals surface area contributed by atoms with Gasteiger partial charge in [0.15, 0.2) is 0 Å². The minimum atomic E-state index is -0.159. The van der Waals surface area contributed by atoms with Crippen LogP contribution in [-0.4, -0.2) is 50.1 Å². The van der Waals surface area contributed by atoms with Gasteiger partial charge in [-0.3, -0.25) is 9.69 Å². The van der Waals surface area contributed by atoms with Crippen LogP contribution in [0, 0.1) is 0 Å². The molecule has 1 fully saturated rings. The Morgan fingerprint density at radius 1 is 1.11 bits per heavy atom. The lowest BCUT2D eigenvalue weighted by Gasteiger charge is -2.18. The standard InChI is InChI=1S/C20H22ClN3O3/c1-27-18-8-6-17(7-9-18)24-13-12-23(20(24)26)14-19(25)22-11-10-15-2-4-16(21)5-3-15/h2-9H,10-14H2,1H3,(H,22,25). The van der Waals surface area contributed by atoms with Gasteiger partial charge in [0.05, 0.1) is 7.11 Å². The summed E-state index contributed by atoms with van der Waals surface area (Å²) in [5.41, 5.74) is 1.90. The van der Waals surface area contributed by atoms with Crippen molar-refractivity contribution >= 4 is 29.2 Å². The molecule has 0 saturated carbocycles. The highest BCUT2D eigenvalue weighted by molar-refractivity contribution is 6.30. The van der Waals surface area contributed by atoms with Crippen LogP contribution >= 0.6 is 11.6 Å². The van der Waals surface area contributed by atoms with E-state index < -0.39 is 0 Å². The highest BCUT2D eigenvalue weighted by atomic mass is 35.5. The summed E-state index contributed by atoms with van der Waals surface area (Å²) >= 11 is 5.86. The number of benzene rings is 2. The Morgan fingerprint density at radius 3 is 2.48 bits per heavy atom. The van der Waals surface area contributed by atoms with Gasteiger partial charge in [0.2, 0.25) is 5.91 Å². The monoisotopic (exact) mass is 387 g/mol. The number of nitrogens with one attached hydrogen (secondary N) is 1. The first-order valence-electron chi connectivity index (χ1n) is 8.78. The van der Waals surface area contributed by atoms with Crippen molar-refractivity contribution in [3.8, 4) is 5.75 Å². The topological polar surface area (TPSA) is 61.9 Å². The Kier molecular flexibility index (Phi) is 6.19. The molecule has 7 heteroatoms. The van der Waals surface area contributed by atoms with E-state index in [2.05, 4.69) is 5.32 Å². The molecule has 27 heavy (non-hydrogen) atoms. The van der Waals surface area contributed by atoms with Gasteiger partial charge in [0.25, 0.3) is 0 Å². The summed E-state index contributed by atoms with van der Waals surface area (Å²) in [7, 11) is 1.60. The summed E-state index contributed by atoms with van der Waals surface area (Å²) < 4.78 is 5.13. The minimum Gasteiger partial charge on any atom is -0.497 e. The van der Waals surface area contributed by atoms with Crippen molar-refractivity contribution in [3.63, 3.8) is 0 Å². The van der Waals surface area contributed by atoms with Crippen LogP contribution in [0.5, 0.6) is 5.75 Å². The molecular weight excluding hydrogens is 366 g/mol. The van der Waals surface area contributed by atoms with E-state index in [1.165, 1.54) is 0 Å². The van der Waals surface area contributed by atoms with E-state index in [1.807, 2.05) is 48.5 Å². The maximum atomic E-state index is 12.6. The second-order valence-electron chi connectivity index (χ2n) is 6.28. The molecule has 0 spiro atoms. The molecule has 1 N–H and O–H groups in total. The van der Waals surface area contributed by atoms with Gasteiger partial charge in [-0.2, -0.15) is 0 Å². The Hall–Kier alpha value is -2.73. The first-order chi connectivity index (χ1) is 13.1. The van der Waals surface area contributed by atoms with Gasteiger partial charge < -0.3 is 15.0 Å². The zero-order chi connectivity index (χ0) is 19.2. The summed E-state index contributed by atoms with van der Waals surface area (Å²) in [6.45, 7) is 1.66. The SMILES string of the molecule is COc1ccc(N2CCN(CC(=O)NCCc3ccc(Cl)cc3)C2=O)cc1. The fraction of sp³-hybridized carbons (Fsp3) is 0.300. The zero-order valence-corrected chi connectivity index (χ0v) is 15.9. The Balaban J connectivity index is 1.46. The van der Waals surface area contributed by atoms with E-state index in [4.69, 9.17) is 16.3 Å². The molecule has 0 unspecified atom stereocenters. The van der Waals surface area contributed by atoms with E-state index in [0.29, 0.717) is 24.7 Å². The molecule has 0 radical (unpaired) electrons. The molecular formula is C20H22ClN3O3. The van der Waals surface area contributed by atoms with Gasteiger partial charge in [0.1, 0.15) is 12.3 Å². The smallest absolute Gasteiger partial charge is 0.325 e. The zero-order valence-electron chi connectivity index (χ0n) is 15.2. The first-order valence-corrected chi connectivity index (χ1v) is 9.16. The average Bonchev–Trinajstić information content (AvgIpc) is 3.04. The van der Waals surface area contributed by atoms with E-state index in [-0.39, 0.29) is 18.5 Å². The van der Waals surface area contributed by atoms with Crippen LogP contribution in [0.2, 0.25) is 5.02 Å². The number of hydrogen-bond donors (Lipinski definition) is 1. The van der Waals surface area contributed by atoms with Crippen molar-refractivity contribution in [3.05, 3.63) is 59.1 Å². The number of anilines is 1. The molecule has 2 aromatic rings. The van der Waals surface area contributed by atoms with Crippen LogP contribution < -0.4 is 15.0 Å². The second-order valence-corrected chi connectivity index (χ2v) is 6.72. The van der Waals surface area contributed by atoms with E-state index in [1.54, 1.807) is 16.9 Å². The lowest BCUT2D eigenvalue weighted by atomic mass is 10.1. The van der Waals surface area contributed by atoms with Gasteiger partial charge in [-0.15, -0.1) is 0 Å². The van der Waals surface area contributed by atoms with Gasteiger partial charge in [-0.1, -0.05) is 23.7 Å². The molecule has 3 rings (SSSR count). The number of hydrogen-bond acceptors (Lipinski definition) is 3. The summed E-state index contributed by atoms with van der Waals surface area (Å²) in [5.74, 6) is 0.580. The van der Waals surface area contributed by atoms with Crippen LogP contribution in [0.3, 0.4) is 0 Å². The second kappa shape index (κ2) is 8.77. The van der Waals surface area contributed by atoms with Gasteiger partial charge in [-0.05, 0) is 48.4 Å². The van der Waals surface area contributed by atoms with Crippen LogP contribution in [0.15, 0.2) is 48.5 Å². The summed E-state index contributed by atoms with van der Waals surface area (Å²) in [6.07, 6.45) is 0.717. The fourth-order valence-corrected chi connectivity index (χ4v) is 3.08. The Bertz CT molecular complexity index is 793. The number of rotatable bonds is 7. The number of carbonyl (C=O) groups excluding carboxylic acids is 2. The quantitative estimate of drug-likeness (QED) is 0.794.